The summed E-state index contributed by atoms with van der Waals surface area (Å²) in [5.74, 6) is 0.0145. The summed E-state index contributed by atoms with van der Waals surface area (Å²) in [6.07, 6.45) is -3.45. The predicted molar refractivity (Wildman–Crippen MR) is 122 cm³/mol. The Labute approximate surface area is 198 Å². The van der Waals surface area contributed by atoms with Crippen molar-refractivity contribution in [2.75, 3.05) is 23.3 Å². The maximum atomic E-state index is 13.0. The Morgan fingerprint density at radius 1 is 0.970 bits per heavy atom. The topological polar surface area (TPSA) is 58.1 Å². The first kappa shape index (κ1) is 23.3. The Morgan fingerprint density at radius 2 is 1.67 bits per heavy atom. The van der Waals surface area contributed by atoms with Crippen LogP contribution in [0.1, 0.15) is 18.4 Å². The molecule has 1 fully saturated rings. The van der Waals surface area contributed by atoms with Crippen molar-refractivity contribution in [3.63, 3.8) is 0 Å². The molecule has 1 amide bonds. The lowest BCUT2D eigenvalue weighted by molar-refractivity contribution is -0.137. The van der Waals surface area contributed by atoms with Crippen LogP contribution in [-0.2, 0) is 11.0 Å². The lowest BCUT2D eigenvalue weighted by Gasteiger charge is -2.32. The number of amides is 1. The van der Waals surface area contributed by atoms with Crippen LogP contribution in [0, 0.1) is 5.92 Å². The van der Waals surface area contributed by atoms with Gasteiger partial charge in [-0.05, 0) is 55.3 Å². The van der Waals surface area contributed by atoms with Gasteiger partial charge in [0.1, 0.15) is 0 Å². The van der Waals surface area contributed by atoms with Crippen LogP contribution in [0.15, 0.2) is 54.6 Å². The standard InChI is InChI=1S/C23H19Cl2F3N4O/c24-17-4-1-14(2-5-17)19-7-8-21(31-30-19)32-11-9-15(10-12-32)22(33)29-20-13-16(23(26,27)28)3-6-18(20)25/h1-8,13,15H,9-12H2,(H,29,33). The second-order valence-electron chi connectivity index (χ2n) is 7.73. The molecule has 0 atom stereocenters. The monoisotopic (exact) mass is 494 g/mol. The SMILES string of the molecule is O=C(Nc1cc(C(F)(F)F)ccc1Cl)C1CCN(c2ccc(-c3ccc(Cl)cc3)nn2)CC1. The van der Waals surface area contributed by atoms with Gasteiger partial charge in [-0.2, -0.15) is 13.2 Å². The zero-order valence-corrected chi connectivity index (χ0v) is 18.8. The van der Waals surface area contributed by atoms with Gasteiger partial charge in [0.2, 0.25) is 5.91 Å². The van der Waals surface area contributed by atoms with Crippen molar-refractivity contribution in [2.45, 2.75) is 19.0 Å². The van der Waals surface area contributed by atoms with Gasteiger partial charge in [-0.25, -0.2) is 0 Å². The van der Waals surface area contributed by atoms with Gasteiger partial charge in [0, 0.05) is 29.6 Å². The average Bonchev–Trinajstić information content (AvgIpc) is 2.80. The molecule has 5 nitrogen and oxygen atoms in total. The van der Waals surface area contributed by atoms with Crippen LogP contribution in [-0.4, -0.2) is 29.2 Å². The highest BCUT2D eigenvalue weighted by Crippen LogP contribution is 2.34. The molecule has 0 unspecified atom stereocenters. The molecule has 0 saturated carbocycles. The van der Waals surface area contributed by atoms with E-state index in [-0.39, 0.29) is 22.5 Å². The number of rotatable bonds is 4. The van der Waals surface area contributed by atoms with E-state index in [1.807, 2.05) is 29.2 Å². The lowest BCUT2D eigenvalue weighted by Crippen LogP contribution is -2.38. The smallest absolute Gasteiger partial charge is 0.355 e. The number of anilines is 2. The fraction of sp³-hybridized carbons (Fsp3) is 0.261. The molecule has 1 N–H and O–H groups in total. The molecule has 1 aromatic heterocycles. The van der Waals surface area contributed by atoms with Crippen molar-refractivity contribution < 1.29 is 18.0 Å². The summed E-state index contributed by atoms with van der Waals surface area (Å²) < 4.78 is 38.9. The molecule has 2 aromatic carbocycles. The summed E-state index contributed by atoms with van der Waals surface area (Å²) in [7, 11) is 0. The van der Waals surface area contributed by atoms with Gasteiger partial charge in [-0.1, -0.05) is 35.3 Å². The Bertz CT molecular complexity index is 1130. The fourth-order valence-corrected chi connectivity index (χ4v) is 3.96. The van der Waals surface area contributed by atoms with Gasteiger partial charge < -0.3 is 10.2 Å². The first-order chi connectivity index (χ1) is 15.7. The Hall–Kier alpha value is -2.84. The van der Waals surface area contributed by atoms with Gasteiger partial charge in [0.25, 0.3) is 0 Å². The number of aromatic nitrogens is 2. The molecule has 3 aromatic rings. The van der Waals surface area contributed by atoms with Crippen LogP contribution in [0.4, 0.5) is 24.7 Å². The number of benzene rings is 2. The lowest BCUT2D eigenvalue weighted by atomic mass is 9.95. The van der Waals surface area contributed by atoms with Crippen molar-refractivity contribution in [3.05, 3.63) is 70.2 Å². The van der Waals surface area contributed by atoms with Crippen LogP contribution in [0.2, 0.25) is 10.0 Å². The number of piperidine rings is 1. The van der Waals surface area contributed by atoms with E-state index in [4.69, 9.17) is 23.2 Å². The van der Waals surface area contributed by atoms with Crippen LogP contribution in [0.25, 0.3) is 11.3 Å². The molecule has 4 rings (SSSR count). The van der Waals surface area contributed by atoms with E-state index >= 15 is 0 Å². The molecule has 1 aliphatic rings. The van der Waals surface area contributed by atoms with Gasteiger partial charge in [0.15, 0.2) is 5.82 Å². The first-order valence-electron chi connectivity index (χ1n) is 10.2. The second-order valence-corrected chi connectivity index (χ2v) is 8.57. The first-order valence-corrected chi connectivity index (χ1v) is 11.0. The number of nitrogens with zero attached hydrogens (tertiary/aromatic N) is 3. The number of hydrogen-bond acceptors (Lipinski definition) is 4. The van der Waals surface area contributed by atoms with E-state index in [0.717, 1.165) is 29.5 Å². The average molecular weight is 495 g/mol. The van der Waals surface area contributed by atoms with E-state index in [9.17, 15) is 18.0 Å². The molecule has 0 radical (unpaired) electrons. The van der Waals surface area contributed by atoms with E-state index in [1.165, 1.54) is 0 Å². The Balaban J connectivity index is 1.36. The maximum Gasteiger partial charge on any atom is 0.416 e. The highest BCUT2D eigenvalue weighted by molar-refractivity contribution is 6.33. The minimum atomic E-state index is -4.51. The molecular weight excluding hydrogens is 476 g/mol. The normalized spacial score (nSPS) is 14.9. The van der Waals surface area contributed by atoms with Crippen molar-refractivity contribution in [1.29, 1.82) is 0 Å². The fourth-order valence-electron chi connectivity index (χ4n) is 3.67. The molecule has 33 heavy (non-hydrogen) atoms. The zero-order valence-electron chi connectivity index (χ0n) is 17.2. The Morgan fingerprint density at radius 3 is 2.27 bits per heavy atom. The molecule has 0 bridgehead atoms. The summed E-state index contributed by atoms with van der Waals surface area (Å²) in [5.41, 5.74) is 0.727. The van der Waals surface area contributed by atoms with Gasteiger partial charge in [-0.3, -0.25) is 4.79 Å². The number of carbonyl (C=O) groups is 1. The molecule has 1 saturated heterocycles. The molecule has 1 aliphatic heterocycles. The number of alkyl halides is 3. The third-order valence-corrected chi connectivity index (χ3v) is 6.11. The van der Waals surface area contributed by atoms with E-state index in [2.05, 4.69) is 15.5 Å². The summed E-state index contributed by atoms with van der Waals surface area (Å²) in [5, 5.41) is 11.8. The third kappa shape index (κ3) is 5.57. The second kappa shape index (κ2) is 9.57. The summed E-state index contributed by atoms with van der Waals surface area (Å²) in [6, 6.07) is 13.9. The third-order valence-electron chi connectivity index (χ3n) is 5.53. The summed E-state index contributed by atoms with van der Waals surface area (Å²) in [6.45, 7) is 1.15. The summed E-state index contributed by atoms with van der Waals surface area (Å²) in [4.78, 5) is 14.7. The van der Waals surface area contributed by atoms with Crippen LogP contribution in [0.3, 0.4) is 0 Å². The highest BCUT2D eigenvalue weighted by atomic mass is 35.5. The van der Waals surface area contributed by atoms with Crippen molar-refractivity contribution in [1.82, 2.24) is 10.2 Å². The van der Waals surface area contributed by atoms with Gasteiger partial charge in [-0.15, -0.1) is 10.2 Å². The maximum absolute atomic E-state index is 13.0. The van der Waals surface area contributed by atoms with Crippen molar-refractivity contribution in [2.24, 2.45) is 5.92 Å². The van der Waals surface area contributed by atoms with Crippen LogP contribution < -0.4 is 10.2 Å². The number of carbonyl (C=O) groups excluding carboxylic acids is 1. The van der Waals surface area contributed by atoms with Gasteiger partial charge >= 0.3 is 6.18 Å². The minimum Gasteiger partial charge on any atom is -0.355 e. The predicted octanol–water partition coefficient (Wildman–Crippen LogP) is 6.32. The van der Waals surface area contributed by atoms with E-state index in [0.29, 0.717) is 36.8 Å². The molecule has 0 spiro atoms. The van der Waals surface area contributed by atoms with Crippen molar-refractivity contribution in [3.8, 4) is 11.3 Å². The molecule has 172 valence electrons. The number of nitrogens with one attached hydrogen (secondary N) is 1. The Kier molecular flexibility index (Phi) is 6.76. The number of halogens is 5. The molecule has 10 heteroatoms. The van der Waals surface area contributed by atoms with Crippen LogP contribution in [0.5, 0.6) is 0 Å². The molecule has 2 heterocycles. The van der Waals surface area contributed by atoms with Gasteiger partial charge in [0.05, 0.1) is 22.0 Å². The van der Waals surface area contributed by atoms with E-state index < -0.39 is 11.7 Å². The molecular formula is C23H19Cl2F3N4O. The number of hydrogen-bond donors (Lipinski definition) is 1. The molecule has 0 aliphatic carbocycles. The zero-order chi connectivity index (χ0) is 23.6. The largest absolute Gasteiger partial charge is 0.416 e. The summed E-state index contributed by atoms with van der Waals surface area (Å²) >= 11 is 11.9. The quantitative estimate of drug-likeness (QED) is 0.460. The van der Waals surface area contributed by atoms with Crippen molar-refractivity contribution >= 4 is 40.6 Å². The minimum absolute atomic E-state index is 0.0393. The van der Waals surface area contributed by atoms with Crippen LogP contribution >= 0.6 is 23.2 Å². The van der Waals surface area contributed by atoms with E-state index in [1.54, 1.807) is 12.1 Å². The highest BCUT2D eigenvalue weighted by Gasteiger charge is 2.32.